The van der Waals surface area contributed by atoms with E-state index in [-0.39, 0.29) is 0 Å². The maximum absolute atomic E-state index is 2.43. The van der Waals surface area contributed by atoms with Crippen LogP contribution in [-0.2, 0) is 12.8 Å². The van der Waals surface area contributed by atoms with E-state index in [4.69, 9.17) is 0 Å². The van der Waals surface area contributed by atoms with E-state index in [1.807, 2.05) is 0 Å². The lowest BCUT2D eigenvalue weighted by atomic mass is 9.90. The summed E-state index contributed by atoms with van der Waals surface area (Å²) in [5.74, 6) is 0. The van der Waals surface area contributed by atoms with Crippen molar-refractivity contribution in [3.63, 3.8) is 0 Å². The van der Waals surface area contributed by atoms with E-state index < -0.39 is 0 Å². The molecule has 0 aliphatic heterocycles. The molecule has 0 bridgehead atoms. The first kappa shape index (κ1) is 24.4. The summed E-state index contributed by atoms with van der Waals surface area (Å²) in [5.41, 5.74) is 10.5. The zero-order chi connectivity index (χ0) is 26.9. The molecule has 40 heavy (non-hydrogen) atoms. The van der Waals surface area contributed by atoms with E-state index in [9.17, 15) is 0 Å². The molecule has 1 heteroatoms. The second-order valence-corrected chi connectivity index (χ2v) is 10.8. The number of benzene rings is 6. The highest BCUT2D eigenvalue weighted by atomic mass is 15.1. The summed E-state index contributed by atoms with van der Waals surface area (Å²) in [6.07, 6.45) is 9.42. The first-order chi connectivity index (χ1) is 19.8. The van der Waals surface area contributed by atoms with Crippen LogP contribution in [0.4, 0.5) is 17.1 Å². The van der Waals surface area contributed by atoms with Gasteiger partial charge >= 0.3 is 0 Å². The summed E-state index contributed by atoms with van der Waals surface area (Å²) >= 11 is 0. The van der Waals surface area contributed by atoms with Gasteiger partial charge in [-0.15, -0.1) is 0 Å². The van der Waals surface area contributed by atoms with Crippen LogP contribution >= 0.6 is 0 Å². The maximum Gasteiger partial charge on any atom is 0.0496 e. The molecule has 0 aromatic heterocycles. The van der Waals surface area contributed by atoms with E-state index in [0.29, 0.717) is 0 Å². The molecule has 6 aromatic rings. The summed E-state index contributed by atoms with van der Waals surface area (Å²) in [6.45, 7) is 2.24. The van der Waals surface area contributed by atoms with Crippen molar-refractivity contribution in [2.45, 2.75) is 32.6 Å². The van der Waals surface area contributed by atoms with E-state index in [2.05, 4.69) is 145 Å². The van der Waals surface area contributed by atoms with Gasteiger partial charge in [0.2, 0.25) is 0 Å². The number of nitrogens with zero attached hydrogens (tertiary/aromatic N) is 1. The van der Waals surface area contributed by atoms with Gasteiger partial charge in [0, 0.05) is 17.1 Å². The van der Waals surface area contributed by atoms with Gasteiger partial charge in [-0.3, -0.25) is 0 Å². The molecule has 0 saturated heterocycles. The van der Waals surface area contributed by atoms with Crippen LogP contribution in [-0.4, -0.2) is 0 Å². The Morgan fingerprint density at radius 3 is 1.82 bits per heavy atom. The number of fused-ring (bicyclic) bond motifs is 3. The molecule has 0 spiro atoms. The molecular formula is C39H33N. The molecule has 0 amide bonds. The normalized spacial score (nSPS) is 13.1. The van der Waals surface area contributed by atoms with Crippen LogP contribution < -0.4 is 4.90 Å². The molecule has 0 heterocycles. The van der Waals surface area contributed by atoms with E-state index in [1.165, 1.54) is 85.7 Å². The molecule has 1 nitrogen and oxygen atoms in total. The average molecular weight is 516 g/mol. The Hall–Kier alpha value is -4.62. The van der Waals surface area contributed by atoms with Crippen LogP contribution in [0.3, 0.4) is 0 Å². The minimum absolute atomic E-state index is 1.15. The highest BCUT2D eigenvalue weighted by molar-refractivity contribution is 6.10. The fourth-order valence-corrected chi connectivity index (χ4v) is 6.45. The van der Waals surface area contributed by atoms with Gasteiger partial charge in [-0.1, -0.05) is 103 Å². The monoisotopic (exact) mass is 515 g/mol. The largest absolute Gasteiger partial charge is 0.310 e. The third-order valence-corrected chi connectivity index (χ3v) is 8.46. The number of anilines is 3. The van der Waals surface area contributed by atoms with Crippen molar-refractivity contribution in [3.05, 3.63) is 149 Å². The number of hydrogen-bond donors (Lipinski definition) is 0. The SMILES string of the molecule is Cc1c2ccccc2c(/C=C/c2ccc(N(c3ccccc3)c3cccc4c3CCCC4)cc2)c2ccccc12. The van der Waals surface area contributed by atoms with Gasteiger partial charge in [0.15, 0.2) is 0 Å². The lowest BCUT2D eigenvalue weighted by Gasteiger charge is -2.30. The molecule has 0 atom stereocenters. The third-order valence-electron chi connectivity index (χ3n) is 8.46. The van der Waals surface area contributed by atoms with Crippen molar-refractivity contribution < 1.29 is 0 Å². The van der Waals surface area contributed by atoms with Gasteiger partial charge in [-0.05, 0) is 112 Å². The van der Waals surface area contributed by atoms with Crippen LogP contribution in [0.25, 0.3) is 33.7 Å². The Bertz CT molecular complexity index is 1790. The van der Waals surface area contributed by atoms with Crippen LogP contribution in [0.1, 0.15) is 40.7 Å². The zero-order valence-corrected chi connectivity index (χ0v) is 23.0. The van der Waals surface area contributed by atoms with Crippen molar-refractivity contribution in [1.82, 2.24) is 0 Å². The molecule has 0 fully saturated rings. The van der Waals surface area contributed by atoms with Gasteiger partial charge in [0.1, 0.15) is 0 Å². The Balaban J connectivity index is 1.29. The van der Waals surface area contributed by atoms with Gasteiger partial charge in [0.25, 0.3) is 0 Å². The summed E-state index contributed by atoms with van der Waals surface area (Å²) < 4.78 is 0. The van der Waals surface area contributed by atoms with Crippen LogP contribution in [0.5, 0.6) is 0 Å². The van der Waals surface area contributed by atoms with Crippen molar-refractivity contribution in [2.75, 3.05) is 4.90 Å². The second-order valence-electron chi connectivity index (χ2n) is 10.8. The van der Waals surface area contributed by atoms with E-state index >= 15 is 0 Å². The highest BCUT2D eigenvalue weighted by Crippen LogP contribution is 2.40. The predicted molar refractivity (Wildman–Crippen MR) is 173 cm³/mol. The highest BCUT2D eigenvalue weighted by Gasteiger charge is 2.20. The fraction of sp³-hybridized carbons (Fsp3) is 0.128. The Morgan fingerprint density at radius 2 is 1.12 bits per heavy atom. The Morgan fingerprint density at radius 1 is 0.525 bits per heavy atom. The van der Waals surface area contributed by atoms with Gasteiger partial charge in [-0.25, -0.2) is 0 Å². The lowest BCUT2D eigenvalue weighted by Crippen LogP contribution is -2.15. The molecule has 194 valence electrons. The average Bonchev–Trinajstić information content (AvgIpc) is 3.02. The molecule has 0 saturated carbocycles. The van der Waals surface area contributed by atoms with Gasteiger partial charge in [0.05, 0.1) is 0 Å². The summed E-state index contributed by atoms with van der Waals surface area (Å²) in [4.78, 5) is 2.43. The van der Waals surface area contributed by atoms with Crippen molar-refractivity contribution in [3.8, 4) is 0 Å². The number of rotatable bonds is 5. The topological polar surface area (TPSA) is 3.24 Å². The zero-order valence-electron chi connectivity index (χ0n) is 23.0. The van der Waals surface area contributed by atoms with Gasteiger partial charge < -0.3 is 4.90 Å². The Kier molecular flexibility index (Phi) is 6.42. The number of aryl methyl sites for hydroxylation is 2. The molecule has 7 rings (SSSR count). The minimum Gasteiger partial charge on any atom is -0.310 e. The molecular weight excluding hydrogens is 482 g/mol. The number of hydrogen-bond acceptors (Lipinski definition) is 1. The first-order valence-electron chi connectivity index (χ1n) is 14.4. The van der Waals surface area contributed by atoms with E-state index in [0.717, 1.165) is 6.42 Å². The second kappa shape index (κ2) is 10.5. The summed E-state index contributed by atoms with van der Waals surface area (Å²) in [6, 6.07) is 44.2. The molecule has 1 aliphatic rings. The fourth-order valence-electron chi connectivity index (χ4n) is 6.45. The molecule has 0 radical (unpaired) electrons. The molecule has 6 aromatic carbocycles. The van der Waals surface area contributed by atoms with Gasteiger partial charge in [-0.2, -0.15) is 0 Å². The van der Waals surface area contributed by atoms with Crippen LogP contribution in [0.15, 0.2) is 121 Å². The molecule has 0 unspecified atom stereocenters. The van der Waals surface area contributed by atoms with Crippen LogP contribution in [0.2, 0.25) is 0 Å². The first-order valence-corrected chi connectivity index (χ1v) is 14.4. The van der Waals surface area contributed by atoms with Crippen LogP contribution in [0, 0.1) is 6.92 Å². The predicted octanol–water partition coefficient (Wildman–Crippen LogP) is 10.8. The maximum atomic E-state index is 2.43. The quantitative estimate of drug-likeness (QED) is 0.163. The van der Waals surface area contributed by atoms with E-state index in [1.54, 1.807) is 0 Å². The standard InChI is InChI=1S/C39H33N/c1-28-33-16-7-9-19-36(33)38(37-20-10-8-17-34(28)37)27-24-29-22-25-32(26-23-29)40(31-14-3-2-4-15-31)39-21-11-13-30-12-5-6-18-35(30)39/h2-4,7-11,13-17,19-27H,5-6,12,18H2,1H3/b27-24+. The lowest BCUT2D eigenvalue weighted by molar-refractivity contribution is 0.686. The third kappa shape index (κ3) is 4.38. The summed E-state index contributed by atoms with van der Waals surface area (Å²) in [5, 5.41) is 5.24. The smallest absolute Gasteiger partial charge is 0.0496 e. The molecule has 1 aliphatic carbocycles. The minimum atomic E-state index is 1.15. The summed E-state index contributed by atoms with van der Waals surface area (Å²) in [7, 11) is 0. The van der Waals surface area contributed by atoms with Crippen molar-refractivity contribution >= 4 is 50.8 Å². The Labute approximate surface area is 237 Å². The number of para-hydroxylation sites is 1. The molecule has 0 N–H and O–H groups in total. The van der Waals surface area contributed by atoms with Crippen molar-refractivity contribution in [2.24, 2.45) is 0 Å². The van der Waals surface area contributed by atoms with Crippen molar-refractivity contribution in [1.29, 1.82) is 0 Å².